The highest BCUT2D eigenvalue weighted by molar-refractivity contribution is 7.98. The van der Waals surface area contributed by atoms with Crippen LogP contribution in [0.5, 0.6) is 0 Å². The Balaban J connectivity index is 2.10. The maximum Gasteiger partial charge on any atom is 0.158 e. The summed E-state index contributed by atoms with van der Waals surface area (Å²) >= 11 is 5.15. The normalized spacial score (nSPS) is 10.9. The molecule has 0 radical (unpaired) electrons. The minimum atomic E-state index is 0.966. The summed E-state index contributed by atoms with van der Waals surface area (Å²) in [6.45, 7) is 0. The van der Waals surface area contributed by atoms with Crippen molar-refractivity contribution in [2.75, 3.05) is 6.26 Å². The molecule has 0 saturated heterocycles. The summed E-state index contributed by atoms with van der Waals surface area (Å²) in [5.41, 5.74) is 0. The van der Waals surface area contributed by atoms with Crippen LogP contribution in [-0.4, -0.2) is 6.26 Å². The molecule has 0 bridgehead atoms. The highest BCUT2D eigenvalue weighted by atomic mass is 32.2. The van der Waals surface area contributed by atoms with Gasteiger partial charge in [0, 0.05) is 0 Å². The van der Waals surface area contributed by atoms with Crippen molar-refractivity contribution in [3.8, 4) is 21.3 Å². The summed E-state index contributed by atoms with van der Waals surface area (Å²) in [4.78, 5) is 3.58. The molecule has 17 heavy (non-hydrogen) atoms. The first-order valence-electron chi connectivity index (χ1n) is 5.14. The molecule has 0 aliphatic rings. The molecule has 86 valence electrons. The van der Waals surface area contributed by atoms with Crippen LogP contribution in [0.4, 0.5) is 0 Å². The lowest BCUT2D eigenvalue weighted by molar-refractivity contribution is 0.595. The zero-order chi connectivity index (χ0) is 11.7. The Hall–Kier alpha value is -0.970. The van der Waals surface area contributed by atoms with Crippen LogP contribution in [-0.2, 0) is 0 Å². The lowest BCUT2D eigenvalue weighted by atomic mass is 10.3. The zero-order valence-corrected chi connectivity index (χ0v) is 11.6. The van der Waals surface area contributed by atoms with Gasteiger partial charge in [0.1, 0.15) is 5.76 Å². The van der Waals surface area contributed by atoms with E-state index in [0.717, 1.165) is 11.5 Å². The largest absolute Gasteiger partial charge is 0.453 e. The van der Waals surface area contributed by atoms with Gasteiger partial charge < -0.3 is 4.42 Å². The van der Waals surface area contributed by atoms with Crippen molar-refractivity contribution in [3.63, 3.8) is 0 Å². The molecule has 0 aliphatic carbocycles. The molecule has 3 rings (SSSR count). The molecule has 0 atom stereocenters. The highest BCUT2D eigenvalue weighted by Gasteiger charge is 2.14. The van der Waals surface area contributed by atoms with E-state index in [4.69, 9.17) is 4.42 Å². The van der Waals surface area contributed by atoms with Gasteiger partial charge in [-0.3, -0.25) is 0 Å². The number of rotatable bonds is 3. The second kappa shape index (κ2) is 4.72. The molecule has 0 N–H and O–H groups in total. The van der Waals surface area contributed by atoms with Crippen molar-refractivity contribution in [1.29, 1.82) is 0 Å². The Morgan fingerprint density at radius 2 is 1.76 bits per heavy atom. The van der Waals surface area contributed by atoms with Gasteiger partial charge in [-0.25, -0.2) is 0 Å². The van der Waals surface area contributed by atoms with Crippen LogP contribution in [0.3, 0.4) is 0 Å². The fourth-order valence-corrected chi connectivity index (χ4v) is 3.67. The van der Waals surface area contributed by atoms with Crippen LogP contribution < -0.4 is 0 Å². The van der Waals surface area contributed by atoms with Gasteiger partial charge in [-0.05, 0) is 35.2 Å². The zero-order valence-electron chi connectivity index (χ0n) is 9.17. The van der Waals surface area contributed by atoms with Gasteiger partial charge in [0.05, 0.1) is 14.6 Å². The fraction of sp³-hybridized carbons (Fsp3) is 0.0769. The van der Waals surface area contributed by atoms with Crippen LogP contribution in [0.15, 0.2) is 50.4 Å². The van der Waals surface area contributed by atoms with E-state index >= 15 is 0 Å². The van der Waals surface area contributed by atoms with Crippen LogP contribution in [0, 0.1) is 0 Å². The maximum atomic E-state index is 5.99. The van der Waals surface area contributed by atoms with Gasteiger partial charge in [0.25, 0.3) is 0 Å². The van der Waals surface area contributed by atoms with Crippen LogP contribution >= 0.6 is 34.4 Å². The molecule has 4 heteroatoms. The van der Waals surface area contributed by atoms with E-state index in [1.807, 2.05) is 6.07 Å². The van der Waals surface area contributed by atoms with Crippen molar-refractivity contribution in [2.45, 2.75) is 4.90 Å². The van der Waals surface area contributed by atoms with E-state index in [2.05, 4.69) is 41.3 Å². The average Bonchev–Trinajstić information content (AvgIpc) is 3.09. The lowest BCUT2D eigenvalue weighted by Gasteiger charge is -1.94. The molecule has 0 aliphatic heterocycles. The number of furan rings is 1. The number of thiophene rings is 2. The predicted octanol–water partition coefficient (Wildman–Crippen LogP) is 5.46. The van der Waals surface area contributed by atoms with Gasteiger partial charge in [-0.1, -0.05) is 12.1 Å². The molecule has 0 unspecified atom stereocenters. The Kier molecular flexibility index (Phi) is 3.09. The second-order valence-electron chi connectivity index (χ2n) is 3.46. The lowest BCUT2D eigenvalue weighted by Crippen LogP contribution is -1.68. The number of hydrogen-bond acceptors (Lipinski definition) is 4. The Labute approximate surface area is 112 Å². The van der Waals surface area contributed by atoms with Crippen molar-refractivity contribution in [2.24, 2.45) is 0 Å². The summed E-state index contributed by atoms with van der Waals surface area (Å²) in [5, 5.41) is 4.15. The molecule has 0 saturated carbocycles. The van der Waals surface area contributed by atoms with Crippen molar-refractivity contribution < 1.29 is 4.42 Å². The summed E-state index contributed by atoms with van der Waals surface area (Å²) in [7, 11) is 0. The monoisotopic (exact) mass is 278 g/mol. The number of hydrogen-bond donors (Lipinski definition) is 0. The molecule has 0 fully saturated rings. The van der Waals surface area contributed by atoms with E-state index in [-0.39, 0.29) is 0 Å². The summed E-state index contributed by atoms with van der Waals surface area (Å²) in [5.74, 6) is 1.96. The van der Waals surface area contributed by atoms with E-state index < -0.39 is 0 Å². The molecule has 1 nitrogen and oxygen atoms in total. The minimum Gasteiger partial charge on any atom is -0.453 e. The molecule has 0 aromatic carbocycles. The van der Waals surface area contributed by atoms with Gasteiger partial charge in [0.15, 0.2) is 5.76 Å². The van der Waals surface area contributed by atoms with Gasteiger partial charge in [0.2, 0.25) is 0 Å². The Morgan fingerprint density at radius 3 is 2.35 bits per heavy atom. The van der Waals surface area contributed by atoms with Crippen LogP contribution in [0.25, 0.3) is 21.3 Å². The minimum absolute atomic E-state index is 0.966. The smallest absolute Gasteiger partial charge is 0.158 e. The molecule has 0 spiro atoms. The van der Waals surface area contributed by atoms with E-state index in [1.54, 1.807) is 34.4 Å². The standard InChI is InChI=1S/C13H10OS3/c1-15-12-8-9(10-4-2-6-16-10)14-13(12)11-5-3-7-17-11/h2-8H,1H3. The summed E-state index contributed by atoms with van der Waals surface area (Å²) in [6.07, 6.45) is 2.08. The first-order chi connectivity index (χ1) is 8.38. The number of thioether (sulfide) groups is 1. The average molecular weight is 278 g/mol. The van der Waals surface area contributed by atoms with E-state index in [0.29, 0.717) is 0 Å². The van der Waals surface area contributed by atoms with Gasteiger partial charge >= 0.3 is 0 Å². The molecule has 0 amide bonds. The predicted molar refractivity (Wildman–Crippen MR) is 77.1 cm³/mol. The first kappa shape index (κ1) is 11.1. The molecule has 3 aromatic heterocycles. The Morgan fingerprint density at radius 1 is 1.06 bits per heavy atom. The molecule has 3 heterocycles. The first-order valence-corrected chi connectivity index (χ1v) is 8.12. The third kappa shape index (κ3) is 2.08. The second-order valence-corrected chi connectivity index (χ2v) is 6.21. The van der Waals surface area contributed by atoms with Gasteiger partial charge in [-0.2, -0.15) is 0 Å². The van der Waals surface area contributed by atoms with E-state index in [9.17, 15) is 0 Å². The third-order valence-corrected chi connectivity index (χ3v) is 4.92. The van der Waals surface area contributed by atoms with Crippen molar-refractivity contribution in [1.82, 2.24) is 0 Å². The van der Waals surface area contributed by atoms with Crippen LogP contribution in [0.1, 0.15) is 0 Å². The van der Waals surface area contributed by atoms with Gasteiger partial charge in [-0.15, -0.1) is 34.4 Å². The summed E-state index contributed by atoms with van der Waals surface area (Å²) in [6, 6.07) is 10.4. The maximum absolute atomic E-state index is 5.99. The van der Waals surface area contributed by atoms with Crippen molar-refractivity contribution >= 4 is 34.4 Å². The SMILES string of the molecule is CSc1cc(-c2cccs2)oc1-c1cccs1. The fourth-order valence-electron chi connectivity index (χ4n) is 1.65. The molecular weight excluding hydrogens is 268 g/mol. The molecular formula is C13H10OS3. The summed E-state index contributed by atoms with van der Waals surface area (Å²) < 4.78 is 5.99. The molecule has 3 aromatic rings. The Bertz CT molecular complexity index is 591. The van der Waals surface area contributed by atoms with Crippen LogP contribution in [0.2, 0.25) is 0 Å². The third-order valence-electron chi connectivity index (χ3n) is 2.43. The quantitative estimate of drug-likeness (QED) is 0.590. The highest BCUT2D eigenvalue weighted by Crippen LogP contribution is 2.40. The topological polar surface area (TPSA) is 13.1 Å². The van der Waals surface area contributed by atoms with E-state index in [1.165, 1.54) is 14.6 Å². The van der Waals surface area contributed by atoms with Crippen molar-refractivity contribution in [3.05, 3.63) is 41.1 Å².